The fraction of sp³-hybridized carbons (Fsp3) is 0.250. The molecule has 0 fully saturated rings. The van der Waals surface area contributed by atoms with Crippen LogP contribution < -0.4 is 5.32 Å². The molecule has 2 aromatic carbocycles. The first-order valence-corrected chi connectivity index (χ1v) is 6.31. The largest absolute Gasteiger partial charge is 0.395 e. The Morgan fingerprint density at radius 1 is 1.00 bits per heavy atom. The molecule has 2 nitrogen and oxygen atoms in total. The van der Waals surface area contributed by atoms with Gasteiger partial charge >= 0.3 is 0 Å². The minimum Gasteiger partial charge on any atom is -0.395 e. The van der Waals surface area contributed by atoms with E-state index in [0.717, 1.165) is 0 Å². The number of rotatable bonds is 5. The van der Waals surface area contributed by atoms with Gasteiger partial charge in [-0.15, -0.1) is 0 Å². The fourth-order valence-corrected chi connectivity index (χ4v) is 2.02. The highest BCUT2D eigenvalue weighted by molar-refractivity contribution is 5.64. The Bertz CT molecular complexity index is 481. The monoisotopic (exact) mass is 241 g/mol. The minimum atomic E-state index is 0.169. The predicted octanol–water partition coefficient (Wildman–Crippen LogP) is 3.00. The van der Waals surface area contributed by atoms with Gasteiger partial charge in [0.15, 0.2) is 0 Å². The molecular formula is C16H19NO. The van der Waals surface area contributed by atoms with Crippen molar-refractivity contribution in [3.63, 3.8) is 0 Å². The molecule has 2 N–H and O–H groups in total. The average Bonchev–Trinajstić information content (AvgIpc) is 2.46. The van der Waals surface area contributed by atoms with Crippen molar-refractivity contribution < 1.29 is 5.11 Å². The van der Waals surface area contributed by atoms with Crippen molar-refractivity contribution in [1.82, 2.24) is 5.32 Å². The standard InChI is InChI=1S/C16H19NO/c1-13(17-10-11-18)15-8-5-9-16(12-15)14-6-3-2-4-7-14/h2-9,12-13,17-18H,10-11H2,1H3. The maximum atomic E-state index is 8.83. The van der Waals surface area contributed by atoms with Gasteiger partial charge < -0.3 is 10.4 Å². The van der Waals surface area contributed by atoms with E-state index >= 15 is 0 Å². The van der Waals surface area contributed by atoms with Gasteiger partial charge in [-0.05, 0) is 29.7 Å². The summed E-state index contributed by atoms with van der Waals surface area (Å²) in [5, 5.41) is 12.1. The van der Waals surface area contributed by atoms with Crippen LogP contribution in [0.25, 0.3) is 11.1 Å². The molecule has 1 unspecified atom stereocenters. The quantitative estimate of drug-likeness (QED) is 0.843. The maximum Gasteiger partial charge on any atom is 0.0556 e. The normalized spacial score (nSPS) is 12.3. The van der Waals surface area contributed by atoms with Gasteiger partial charge in [0, 0.05) is 12.6 Å². The van der Waals surface area contributed by atoms with Crippen molar-refractivity contribution in [3.8, 4) is 11.1 Å². The van der Waals surface area contributed by atoms with Gasteiger partial charge in [-0.25, -0.2) is 0 Å². The zero-order chi connectivity index (χ0) is 12.8. The van der Waals surface area contributed by atoms with Crippen LogP contribution in [0.15, 0.2) is 54.6 Å². The summed E-state index contributed by atoms with van der Waals surface area (Å²) in [6.07, 6.45) is 0. The van der Waals surface area contributed by atoms with Gasteiger partial charge in [0.25, 0.3) is 0 Å². The number of hydrogen-bond donors (Lipinski definition) is 2. The topological polar surface area (TPSA) is 32.3 Å². The molecular weight excluding hydrogens is 222 g/mol. The summed E-state index contributed by atoms with van der Waals surface area (Å²) in [4.78, 5) is 0. The summed E-state index contributed by atoms with van der Waals surface area (Å²) in [5.74, 6) is 0. The van der Waals surface area contributed by atoms with Crippen LogP contribution in [0.1, 0.15) is 18.5 Å². The van der Waals surface area contributed by atoms with Crippen molar-refractivity contribution in [1.29, 1.82) is 0 Å². The molecule has 94 valence electrons. The molecule has 0 aromatic heterocycles. The lowest BCUT2D eigenvalue weighted by Gasteiger charge is -2.14. The Morgan fingerprint density at radius 3 is 2.44 bits per heavy atom. The molecule has 18 heavy (non-hydrogen) atoms. The van der Waals surface area contributed by atoms with Crippen LogP contribution in [0.5, 0.6) is 0 Å². The second kappa shape index (κ2) is 6.34. The Morgan fingerprint density at radius 2 is 1.72 bits per heavy atom. The number of aliphatic hydroxyl groups is 1. The molecule has 0 heterocycles. The molecule has 0 amide bonds. The van der Waals surface area contributed by atoms with E-state index in [1.165, 1.54) is 16.7 Å². The zero-order valence-electron chi connectivity index (χ0n) is 10.6. The second-order valence-corrected chi connectivity index (χ2v) is 4.39. The van der Waals surface area contributed by atoms with Crippen LogP contribution in [-0.4, -0.2) is 18.3 Å². The van der Waals surface area contributed by atoms with Gasteiger partial charge in [0.05, 0.1) is 6.61 Å². The molecule has 2 aromatic rings. The first-order valence-electron chi connectivity index (χ1n) is 6.31. The molecule has 2 rings (SSSR count). The highest BCUT2D eigenvalue weighted by Gasteiger charge is 2.05. The van der Waals surface area contributed by atoms with Gasteiger partial charge in [-0.1, -0.05) is 48.5 Å². The molecule has 1 atom stereocenters. The van der Waals surface area contributed by atoms with E-state index in [1.54, 1.807) is 0 Å². The SMILES string of the molecule is CC(NCCO)c1cccc(-c2ccccc2)c1. The third-order valence-electron chi connectivity index (χ3n) is 3.06. The van der Waals surface area contributed by atoms with Crippen molar-refractivity contribution in [2.24, 2.45) is 0 Å². The maximum absolute atomic E-state index is 8.83. The fourth-order valence-electron chi connectivity index (χ4n) is 2.02. The van der Waals surface area contributed by atoms with E-state index in [1.807, 2.05) is 6.07 Å². The van der Waals surface area contributed by atoms with Crippen molar-refractivity contribution in [3.05, 3.63) is 60.2 Å². The molecule has 0 aliphatic rings. The van der Waals surface area contributed by atoms with Crippen LogP contribution >= 0.6 is 0 Å². The lowest BCUT2D eigenvalue weighted by molar-refractivity contribution is 0.286. The van der Waals surface area contributed by atoms with E-state index in [0.29, 0.717) is 6.54 Å². The summed E-state index contributed by atoms with van der Waals surface area (Å²) in [5.41, 5.74) is 3.70. The van der Waals surface area contributed by atoms with Gasteiger partial charge in [-0.3, -0.25) is 0 Å². The van der Waals surface area contributed by atoms with Crippen LogP contribution in [0, 0.1) is 0 Å². The van der Waals surface area contributed by atoms with Crippen molar-refractivity contribution in [2.75, 3.05) is 13.2 Å². The number of nitrogens with one attached hydrogen (secondary N) is 1. The summed E-state index contributed by atoms with van der Waals surface area (Å²) in [6.45, 7) is 2.90. The Hall–Kier alpha value is -1.64. The predicted molar refractivity (Wildman–Crippen MR) is 75.4 cm³/mol. The first-order chi connectivity index (χ1) is 8.81. The summed E-state index contributed by atoms with van der Waals surface area (Å²) in [7, 11) is 0. The second-order valence-electron chi connectivity index (χ2n) is 4.39. The smallest absolute Gasteiger partial charge is 0.0556 e. The van der Waals surface area contributed by atoms with E-state index < -0.39 is 0 Å². The van der Waals surface area contributed by atoms with Crippen LogP contribution in [0.4, 0.5) is 0 Å². The molecule has 2 heteroatoms. The van der Waals surface area contributed by atoms with Crippen LogP contribution in [-0.2, 0) is 0 Å². The Labute approximate surface area is 108 Å². The summed E-state index contributed by atoms with van der Waals surface area (Å²) >= 11 is 0. The van der Waals surface area contributed by atoms with E-state index in [2.05, 4.69) is 60.8 Å². The van der Waals surface area contributed by atoms with Crippen molar-refractivity contribution in [2.45, 2.75) is 13.0 Å². The molecule has 0 saturated carbocycles. The van der Waals surface area contributed by atoms with Gasteiger partial charge in [0.2, 0.25) is 0 Å². The van der Waals surface area contributed by atoms with Crippen LogP contribution in [0.3, 0.4) is 0 Å². The highest BCUT2D eigenvalue weighted by atomic mass is 16.3. The van der Waals surface area contributed by atoms with Gasteiger partial charge in [0.1, 0.15) is 0 Å². The number of benzene rings is 2. The van der Waals surface area contributed by atoms with Crippen LogP contribution in [0.2, 0.25) is 0 Å². The lowest BCUT2D eigenvalue weighted by Crippen LogP contribution is -2.22. The van der Waals surface area contributed by atoms with E-state index in [9.17, 15) is 0 Å². The Kier molecular flexibility index (Phi) is 4.51. The zero-order valence-corrected chi connectivity index (χ0v) is 10.6. The average molecular weight is 241 g/mol. The first kappa shape index (κ1) is 12.8. The van der Waals surface area contributed by atoms with E-state index in [4.69, 9.17) is 5.11 Å². The molecule has 0 radical (unpaired) electrons. The van der Waals surface area contributed by atoms with E-state index in [-0.39, 0.29) is 12.6 Å². The lowest BCUT2D eigenvalue weighted by atomic mass is 10.0. The summed E-state index contributed by atoms with van der Waals surface area (Å²) in [6, 6.07) is 19.1. The molecule has 0 bridgehead atoms. The van der Waals surface area contributed by atoms with Gasteiger partial charge in [-0.2, -0.15) is 0 Å². The summed E-state index contributed by atoms with van der Waals surface area (Å²) < 4.78 is 0. The van der Waals surface area contributed by atoms with Crippen molar-refractivity contribution >= 4 is 0 Å². The number of aliphatic hydroxyl groups excluding tert-OH is 1. The molecule has 0 aliphatic heterocycles. The molecule has 0 saturated heterocycles. The molecule has 0 aliphatic carbocycles. The third-order valence-corrected chi connectivity index (χ3v) is 3.06. The number of hydrogen-bond acceptors (Lipinski definition) is 2. The Balaban J connectivity index is 2.20. The highest BCUT2D eigenvalue weighted by Crippen LogP contribution is 2.22. The molecule has 0 spiro atoms. The minimum absolute atomic E-state index is 0.169. The third kappa shape index (κ3) is 3.19.